The number of rotatable bonds is 1. The zero-order valence-electron chi connectivity index (χ0n) is 5.40. The number of hydrogen-bond donors (Lipinski definition) is 0. The molecule has 0 heterocycles. The fourth-order valence-electron chi connectivity index (χ4n) is 1.22. The van der Waals surface area contributed by atoms with Crippen molar-refractivity contribution in [1.29, 1.82) is 0 Å². The molecule has 0 radical (unpaired) electrons. The molecule has 1 nitrogen and oxygen atoms in total. The van der Waals surface area contributed by atoms with Gasteiger partial charge in [-0.2, -0.15) is 0 Å². The van der Waals surface area contributed by atoms with E-state index in [0.717, 1.165) is 6.42 Å². The molecule has 0 aromatic carbocycles. The Bertz CT molecular complexity index is 116. The van der Waals surface area contributed by atoms with Gasteiger partial charge in [-0.1, -0.05) is 0 Å². The van der Waals surface area contributed by atoms with Gasteiger partial charge in [-0.3, -0.25) is 0 Å². The number of halogens is 1. The van der Waals surface area contributed by atoms with Crippen molar-refractivity contribution in [3.63, 3.8) is 0 Å². The average Bonchev–Trinajstić information content (AvgIpc) is 1.89. The molecule has 0 N–H and O–H groups in total. The van der Waals surface area contributed by atoms with Gasteiger partial charge in [-0.05, 0) is 0 Å². The van der Waals surface area contributed by atoms with Crippen LogP contribution in [0.1, 0.15) is 25.7 Å². The van der Waals surface area contributed by atoms with Crippen LogP contribution in [0.2, 0.25) is 3.43 Å². The molecule has 48 valence electrons. The summed E-state index contributed by atoms with van der Waals surface area (Å²) >= 11 is 1.81. The molecule has 0 amide bonds. The quantitative estimate of drug-likeness (QED) is 0.467. The Morgan fingerprint density at radius 1 is 1.56 bits per heavy atom. The fourth-order valence-corrected chi connectivity index (χ4v) is 12.6. The van der Waals surface area contributed by atoms with Gasteiger partial charge in [-0.15, -0.1) is 0 Å². The molecule has 1 atom stereocenters. The van der Waals surface area contributed by atoms with Crippen LogP contribution in [0.3, 0.4) is 0 Å². The Morgan fingerprint density at radius 2 is 2.33 bits per heavy atom. The average molecular weight is 425 g/mol. The Hall–Kier alpha value is 1.34. The van der Waals surface area contributed by atoms with Crippen LogP contribution in [0.4, 0.5) is 0 Å². The van der Waals surface area contributed by atoms with Gasteiger partial charge in [0.2, 0.25) is 0 Å². The summed E-state index contributed by atoms with van der Waals surface area (Å²) < 4.78 is 0.624. The van der Waals surface area contributed by atoms with Gasteiger partial charge in [0.05, 0.1) is 0 Å². The van der Waals surface area contributed by atoms with Crippen molar-refractivity contribution in [3.05, 3.63) is 0 Å². The molecule has 0 aromatic rings. The molecule has 0 saturated heterocycles. The van der Waals surface area contributed by atoms with Gasteiger partial charge in [0.25, 0.3) is 0 Å². The molecule has 0 spiro atoms. The molecule has 1 aliphatic rings. The number of carbonyl (C=O) groups is 1. The summed E-state index contributed by atoms with van der Waals surface area (Å²) in [5.41, 5.74) is 0. The Kier molecular flexibility index (Phi) is 3.99. The molecular weight excluding hydrogens is 416 g/mol. The zero-order valence-corrected chi connectivity index (χ0v) is 13.1. The summed E-state index contributed by atoms with van der Waals surface area (Å²) in [5, 5.41) is 0. The maximum atomic E-state index is 11.1. The monoisotopic (exact) mass is 426 g/mol. The topological polar surface area (TPSA) is 17.1 Å². The van der Waals surface area contributed by atoms with E-state index in [0.29, 0.717) is 9.21 Å². The van der Waals surface area contributed by atoms with Crippen LogP contribution >= 0.6 is 17.7 Å². The van der Waals surface area contributed by atoms with E-state index in [9.17, 15) is 4.79 Å². The Morgan fingerprint density at radius 3 is 2.78 bits per heavy atom. The van der Waals surface area contributed by atoms with E-state index in [2.05, 4.69) is 17.7 Å². The van der Waals surface area contributed by atoms with Gasteiger partial charge in [-0.25, -0.2) is 0 Å². The van der Waals surface area contributed by atoms with Crippen LogP contribution in [-0.2, 0) is 25.0 Å². The van der Waals surface area contributed by atoms with Gasteiger partial charge in [0, 0.05) is 0 Å². The number of ketones is 1. The van der Waals surface area contributed by atoms with Crippen molar-refractivity contribution in [2.24, 2.45) is 0 Å². The standard InChI is InChI=1S/C6H9O.Hg.HI/c7-6-4-2-1-3-5-6;;/h4H,1-3,5H2;;1H/q;+1;/p-1. The summed E-state index contributed by atoms with van der Waals surface area (Å²) in [6, 6.07) is 0. The molecule has 0 aliphatic heterocycles. The van der Waals surface area contributed by atoms with Crippen LogP contribution < -0.4 is 0 Å². The van der Waals surface area contributed by atoms with E-state index in [4.69, 9.17) is 0 Å². The number of Topliss-reactive ketones (excluding diaryl/α,β-unsaturated/α-hetero) is 1. The summed E-state index contributed by atoms with van der Waals surface area (Å²) in [7, 11) is 0. The van der Waals surface area contributed by atoms with Crippen molar-refractivity contribution in [2.75, 3.05) is 0 Å². The first-order chi connectivity index (χ1) is 4.34. The molecule has 1 unspecified atom stereocenters. The third-order valence-corrected chi connectivity index (χ3v) is 16.0. The maximum absolute atomic E-state index is 11.1. The molecule has 0 bridgehead atoms. The molecule has 1 fully saturated rings. The first-order valence-electron chi connectivity index (χ1n) is 3.43. The van der Waals surface area contributed by atoms with E-state index in [1.165, 1.54) is 19.3 Å². The summed E-state index contributed by atoms with van der Waals surface area (Å²) in [5.74, 6) is 0.595. The van der Waals surface area contributed by atoms with Crippen LogP contribution in [0.15, 0.2) is 0 Å². The van der Waals surface area contributed by atoms with Crippen molar-refractivity contribution in [2.45, 2.75) is 29.1 Å². The van der Waals surface area contributed by atoms with Gasteiger partial charge < -0.3 is 0 Å². The SMILES string of the molecule is O=C1CCCC[CH]1[Hg][I]. The second-order valence-corrected chi connectivity index (χ2v) is 15.3. The van der Waals surface area contributed by atoms with E-state index in [1.807, 2.05) is 0 Å². The number of hydrogen-bond acceptors (Lipinski definition) is 1. The first-order valence-corrected chi connectivity index (χ1v) is 22.1. The summed E-state index contributed by atoms with van der Waals surface area (Å²) in [6.07, 6.45) is 4.62. The predicted molar refractivity (Wildman–Crippen MR) is 41.2 cm³/mol. The van der Waals surface area contributed by atoms with Crippen molar-refractivity contribution in [3.8, 4) is 0 Å². The molecule has 1 rings (SSSR count). The second-order valence-electron chi connectivity index (χ2n) is 2.56. The van der Waals surface area contributed by atoms with Gasteiger partial charge in [0.15, 0.2) is 0 Å². The fraction of sp³-hybridized carbons (Fsp3) is 0.833. The van der Waals surface area contributed by atoms with E-state index >= 15 is 0 Å². The third kappa shape index (κ3) is 2.44. The van der Waals surface area contributed by atoms with E-state index in [1.54, 1.807) is 0 Å². The first kappa shape index (κ1) is 8.43. The molecule has 0 aromatic heterocycles. The Labute approximate surface area is 76.8 Å². The normalized spacial score (nSPS) is 27.7. The van der Waals surface area contributed by atoms with Crippen LogP contribution in [0.25, 0.3) is 0 Å². The van der Waals surface area contributed by atoms with E-state index < -0.39 is 20.2 Å². The third-order valence-electron chi connectivity index (χ3n) is 1.87. The zero-order chi connectivity index (χ0) is 6.69. The molecule has 9 heavy (non-hydrogen) atoms. The molecular formula is C6H9HgIO. The van der Waals surface area contributed by atoms with Gasteiger partial charge >= 0.3 is 77.6 Å². The Balaban J connectivity index is 2.39. The van der Waals surface area contributed by atoms with Crippen molar-refractivity contribution < 1.29 is 25.0 Å². The van der Waals surface area contributed by atoms with Crippen molar-refractivity contribution in [1.82, 2.24) is 0 Å². The van der Waals surface area contributed by atoms with Crippen molar-refractivity contribution >= 4 is 23.4 Å². The second kappa shape index (κ2) is 4.26. The van der Waals surface area contributed by atoms with Crippen LogP contribution in [0, 0.1) is 0 Å². The minimum absolute atomic E-state index is 0.595. The number of carbonyl (C=O) groups excluding carboxylic acids is 1. The van der Waals surface area contributed by atoms with Crippen LogP contribution in [0.5, 0.6) is 0 Å². The van der Waals surface area contributed by atoms with E-state index in [-0.39, 0.29) is 0 Å². The minimum atomic E-state index is -0.709. The summed E-state index contributed by atoms with van der Waals surface area (Å²) in [6.45, 7) is 0. The summed E-state index contributed by atoms with van der Waals surface area (Å²) in [4.78, 5) is 11.1. The molecule has 3 heteroatoms. The molecule has 1 aliphatic carbocycles. The predicted octanol–water partition coefficient (Wildman–Crippen LogP) is 2.35. The van der Waals surface area contributed by atoms with Gasteiger partial charge in [0.1, 0.15) is 0 Å². The van der Waals surface area contributed by atoms with Crippen LogP contribution in [-0.4, -0.2) is 5.78 Å². The molecule has 1 saturated carbocycles.